The third-order valence-electron chi connectivity index (χ3n) is 2.72. The van der Waals surface area contributed by atoms with Crippen LogP contribution in [0, 0.1) is 13.8 Å². The maximum absolute atomic E-state index is 11.8. The normalized spacial score (nSPS) is 10.5. The van der Waals surface area contributed by atoms with Crippen molar-refractivity contribution in [3.8, 4) is 0 Å². The number of carbonyl (C=O) groups is 1. The minimum absolute atomic E-state index is 0.0472. The van der Waals surface area contributed by atoms with Gasteiger partial charge in [-0.25, -0.2) is 9.97 Å². The highest BCUT2D eigenvalue weighted by atomic mass is 35.5. The minimum Gasteiger partial charge on any atom is -0.460 e. The molecule has 0 fully saturated rings. The summed E-state index contributed by atoms with van der Waals surface area (Å²) in [5, 5.41) is 1.52. The van der Waals surface area contributed by atoms with Crippen LogP contribution in [0.5, 0.6) is 0 Å². The molecule has 2 rings (SSSR count). The van der Waals surface area contributed by atoms with Gasteiger partial charge in [0.15, 0.2) is 5.16 Å². The lowest BCUT2D eigenvalue weighted by Crippen LogP contribution is -2.08. The van der Waals surface area contributed by atoms with E-state index in [1.807, 2.05) is 19.9 Å². The molecule has 116 valence electrons. The van der Waals surface area contributed by atoms with Gasteiger partial charge in [-0.15, -0.1) is 0 Å². The van der Waals surface area contributed by atoms with Gasteiger partial charge < -0.3 is 4.74 Å². The van der Waals surface area contributed by atoms with Crippen LogP contribution >= 0.6 is 35.0 Å². The predicted molar refractivity (Wildman–Crippen MR) is 88.5 cm³/mol. The van der Waals surface area contributed by atoms with Gasteiger partial charge in [-0.1, -0.05) is 41.0 Å². The maximum atomic E-state index is 11.8. The molecule has 7 heteroatoms. The van der Waals surface area contributed by atoms with E-state index in [2.05, 4.69) is 9.97 Å². The molecular formula is C15H14Cl2N2O2S. The van der Waals surface area contributed by atoms with Crippen molar-refractivity contribution >= 4 is 40.9 Å². The molecule has 0 unspecified atom stereocenters. The summed E-state index contributed by atoms with van der Waals surface area (Å²) >= 11 is 13.3. The summed E-state index contributed by atoms with van der Waals surface area (Å²) in [5.41, 5.74) is 2.34. The monoisotopic (exact) mass is 356 g/mol. The zero-order valence-corrected chi connectivity index (χ0v) is 14.4. The van der Waals surface area contributed by atoms with Gasteiger partial charge in [0.1, 0.15) is 6.61 Å². The number of hydrogen-bond donors (Lipinski definition) is 0. The summed E-state index contributed by atoms with van der Waals surface area (Å²) < 4.78 is 5.19. The minimum atomic E-state index is -0.372. The molecule has 0 amide bonds. The van der Waals surface area contributed by atoms with Gasteiger partial charge in [0, 0.05) is 27.0 Å². The smallest absolute Gasteiger partial charge is 0.316 e. The highest BCUT2D eigenvalue weighted by Crippen LogP contribution is 2.25. The first kappa shape index (κ1) is 17.1. The number of nitrogens with zero attached hydrogens (tertiary/aromatic N) is 2. The SMILES string of the molecule is Cc1cc(C)nc(SCC(=O)OCc2c(Cl)cccc2Cl)n1. The molecule has 0 spiro atoms. The average Bonchev–Trinajstić information content (AvgIpc) is 2.43. The Hall–Kier alpha value is -1.30. The van der Waals surface area contributed by atoms with Crippen LogP contribution in [0.2, 0.25) is 10.0 Å². The Morgan fingerprint density at radius 3 is 2.36 bits per heavy atom. The van der Waals surface area contributed by atoms with E-state index in [0.717, 1.165) is 11.4 Å². The standard InChI is InChI=1S/C15H14Cl2N2O2S/c1-9-6-10(2)19-15(18-9)22-8-14(20)21-7-11-12(16)4-3-5-13(11)17/h3-6H,7-8H2,1-2H3. The Morgan fingerprint density at radius 1 is 1.18 bits per heavy atom. The quantitative estimate of drug-likeness (QED) is 0.455. The molecule has 1 aromatic carbocycles. The van der Waals surface area contributed by atoms with Gasteiger partial charge in [-0.2, -0.15) is 0 Å². The Balaban J connectivity index is 1.88. The molecule has 22 heavy (non-hydrogen) atoms. The van der Waals surface area contributed by atoms with Crippen LogP contribution in [-0.2, 0) is 16.1 Å². The highest BCUT2D eigenvalue weighted by molar-refractivity contribution is 7.99. The zero-order chi connectivity index (χ0) is 16.1. The number of hydrogen-bond acceptors (Lipinski definition) is 5. The van der Waals surface area contributed by atoms with Crippen LogP contribution in [0.15, 0.2) is 29.4 Å². The predicted octanol–water partition coefficient (Wildman–Crippen LogP) is 4.24. The van der Waals surface area contributed by atoms with Crippen molar-refractivity contribution in [2.24, 2.45) is 0 Å². The van der Waals surface area contributed by atoms with Crippen LogP contribution in [-0.4, -0.2) is 21.7 Å². The summed E-state index contributed by atoms with van der Waals surface area (Å²) in [6.45, 7) is 3.82. The van der Waals surface area contributed by atoms with Crippen molar-refractivity contribution in [2.45, 2.75) is 25.6 Å². The fraction of sp³-hybridized carbons (Fsp3) is 0.267. The first-order valence-electron chi connectivity index (χ1n) is 6.49. The van der Waals surface area contributed by atoms with E-state index >= 15 is 0 Å². The van der Waals surface area contributed by atoms with Crippen LogP contribution in [0.1, 0.15) is 17.0 Å². The molecule has 0 saturated heterocycles. The van der Waals surface area contributed by atoms with Crippen LogP contribution < -0.4 is 0 Å². The summed E-state index contributed by atoms with van der Waals surface area (Å²) in [7, 11) is 0. The number of halogens is 2. The van der Waals surface area contributed by atoms with E-state index in [1.165, 1.54) is 11.8 Å². The number of thioether (sulfide) groups is 1. The Kier molecular flexibility index (Phi) is 6.06. The molecule has 1 heterocycles. The van der Waals surface area contributed by atoms with Crippen LogP contribution in [0.25, 0.3) is 0 Å². The van der Waals surface area contributed by atoms with E-state index < -0.39 is 0 Å². The molecule has 0 atom stereocenters. The van der Waals surface area contributed by atoms with Crippen molar-refractivity contribution in [1.29, 1.82) is 0 Å². The molecule has 4 nitrogen and oxygen atoms in total. The summed E-state index contributed by atoms with van der Waals surface area (Å²) in [4.78, 5) is 20.3. The first-order valence-corrected chi connectivity index (χ1v) is 8.23. The highest BCUT2D eigenvalue weighted by Gasteiger charge is 2.11. The molecule has 0 radical (unpaired) electrons. The number of ether oxygens (including phenoxy) is 1. The summed E-state index contributed by atoms with van der Waals surface area (Å²) in [6.07, 6.45) is 0. The number of benzene rings is 1. The van der Waals surface area contributed by atoms with Gasteiger partial charge in [0.05, 0.1) is 5.75 Å². The zero-order valence-electron chi connectivity index (χ0n) is 12.1. The lowest BCUT2D eigenvalue weighted by atomic mass is 10.2. The first-order chi connectivity index (χ1) is 10.5. The van der Waals surface area contributed by atoms with Crippen molar-refractivity contribution in [3.63, 3.8) is 0 Å². The number of esters is 1. The van der Waals surface area contributed by atoms with Gasteiger partial charge in [0.2, 0.25) is 0 Å². The van der Waals surface area contributed by atoms with Crippen LogP contribution in [0.4, 0.5) is 0 Å². The fourth-order valence-electron chi connectivity index (χ4n) is 1.75. The second-order valence-electron chi connectivity index (χ2n) is 4.58. The van der Waals surface area contributed by atoms with E-state index in [1.54, 1.807) is 18.2 Å². The molecule has 0 saturated carbocycles. The fourth-order valence-corrected chi connectivity index (χ4v) is 3.00. The third-order valence-corrected chi connectivity index (χ3v) is 4.25. The number of carbonyl (C=O) groups excluding carboxylic acids is 1. The van der Waals surface area contributed by atoms with Gasteiger partial charge in [-0.3, -0.25) is 4.79 Å². The van der Waals surface area contributed by atoms with Crippen molar-refractivity contribution in [3.05, 3.63) is 51.3 Å². The van der Waals surface area contributed by atoms with E-state index in [-0.39, 0.29) is 18.3 Å². The second kappa shape index (κ2) is 7.81. The maximum Gasteiger partial charge on any atom is 0.316 e. The lowest BCUT2D eigenvalue weighted by Gasteiger charge is -2.08. The largest absolute Gasteiger partial charge is 0.460 e. The van der Waals surface area contributed by atoms with Crippen LogP contribution in [0.3, 0.4) is 0 Å². The molecule has 2 aromatic rings. The number of aryl methyl sites for hydroxylation is 2. The summed E-state index contributed by atoms with van der Waals surface area (Å²) in [6, 6.07) is 7.02. The van der Waals surface area contributed by atoms with E-state index in [0.29, 0.717) is 20.8 Å². The Bertz CT molecular complexity index is 655. The third kappa shape index (κ3) is 4.87. The van der Waals surface area contributed by atoms with Crippen molar-refractivity contribution in [1.82, 2.24) is 9.97 Å². The van der Waals surface area contributed by atoms with Crippen molar-refractivity contribution in [2.75, 3.05) is 5.75 Å². The number of rotatable bonds is 5. The molecular weight excluding hydrogens is 343 g/mol. The number of aromatic nitrogens is 2. The average molecular weight is 357 g/mol. The van der Waals surface area contributed by atoms with Crippen molar-refractivity contribution < 1.29 is 9.53 Å². The Morgan fingerprint density at radius 2 is 1.77 bits per heavy atom. The van der Waals surface area contributed by atoms with Gasteiger partial charge in [-0.05, 0) is 32.0 Å². The molecule has 0 aliphatic rings. The molecule has 0 aliphatic carbocycles. The Labute approximate surface area is 143 Å². The molecule has 1 aromatic heterocycles. The molecule has 0 bridgehead atoms. The topological polar surface area (TPSA) is 52.1 Å². The molecule has 0 aliphatic heterocycles. The van der Waals surface area contributed by atoms with E-state index in [4.69, 9.17) is 27.9 Å². The molecule has 0 N–H and O–H groups in total. The lowest BCUT2D eigenvalue weighted by molar-refractivity contribution is -0.141. The second-order valence-corrected chi connectivity index (χ2v) is 6.34. The van der Waals surface area contributed by atoms with Gasteiger partial charge in [0.25, 0.3) is 0 Å². The summed E-state index contributed by atoms with van der Waals surface area (Å²) in [5.74, 6) is -0.242. The van der Waals surface area contributed by atoms with E-state index in [9.17, 15) is 4.79 Å². The van der Waals surface area contributed by atoms with Gasteiger partial charge >= 0.3 is 5.97 Å².